The standard InChI is InChI=1S/C68H125N2O6P/c1-6-8-10-12-14-16-18-20-22-24-26-28-30-32-34-36-37-39-41-43-45-47-49-51-53-55-57-59-61-67(71)66(65-76-77(73,74)75-64-63-70(3,4)5)69-68(72)62-60-58-56-54-52-50-48-46-44-42-40-38-35-33-31-29-27-25-23-21-19-17-15-13-11-9-7-2/h9,11,15,17,21,23,27,29,33,35,51,53,59,61,66-67,71H,6-8,10,12-14,16,18-20,22,24-26,28,30-32,34,36-50,52,54-58,60,62-65H2,1-5H3,(H-,69,72,73,74)/p+1/b11-9-,17-15-,23-21-,29-27-,35-33-,53-51+,61-59+. The van der Waals surface area contributed by atoms with Gasteiger partial charge in [0.05, 0.1) is 39.9 Å². The number of carbonyl (C=O) groups excluding carboxylic acids is 1. The number of phosphoric ester groups is 1. The number of nitrogens with one attached hydrogen (secondary N) is 1. The molecule has 0 aromatic rings. The summed E-state index contributed by atoms with van der Waals surface area (Å²) in [4.78, 5) is 23.4. The molecule has 0 aliphatic rings. The molecule has 0 radical (unpaired) electrons. The van der Waals surface area contributed by atoms with Gasteiger partial charge in [-0.25, -0.2) is 4.57 Å². The number of likely N-dealkylation sites (N-methyl/N-ethyl adjacent to an activating group) is 1. The first-order chi connectivity index (χ1) is 37.5. The number of aliphatic hydroxyl groups excluding tert-OH is 1. The highest BCUT2D eigenvalue weighted by Crippen LogP contribution is 2.43. The van der Waals surface area contributed by atoms with Gasteiger partial charge in [0.1, 0.15) is 13.2 Å². The van der Waals surface area contributed by atoms with E-state index in [0.29, 0.717) is 17.4 Å². The molecule has 0 aliphatic heterocycles. The molecule has 0 heterocycles. The average molecular weight is 1100 g/mol. The van der Waals surface area contributed by atoms with Crippen molar-refractivity contribution in [2.24, 2.45) is 0 Å². The molecule has 0 rings (SSSR count). The number of unbranched alkanes of at least 4 members (excludes halogenated alkanes) is 34. The lowest BCUT2D eigenvalue weighted by atomic mass is 10.0. The molecular formula is C68H126N2O6P+. The Hall–Kier alpha value is -2.32. The highest BCUT2D eigenvalue weighted by atomic mass is 31.2. The summed E-state index contributed by atoms with van der Waals surface area (Å²) in [7, 11) is 1.55. The maximum atomic E-state index is 13.0. The zero-order chi connectivity index (χ0) is 56.3. The molecule has 8 nitrogen and oxygen atoms in total. The largest absolute Gasteiger partial charge is 0.472 e. The number of rotatable bonds is 59. The average Bonchev–Trinajstić information content (AvgIpc) is 3.39. The fraction of sp³-hybridized carbons (Fsp3) is 0.779. The number of carbonyl (C=O) groups is 1. The quantitative estimate of drug-likeness (QED) is 0.0243. The van der Waals surface area contributed by atoms with Crippen LogP contribution in [0.4, 0.5) is 0 Å². The minimum Gasteiger partial charge on any atom is -0.387 e. The number of aliphatic hydroxyl groups is 1. The molecule has 3 N–H and O–H groups in total. The van der Waals surface area contributed by atoms with Crippen LogP contribution in [0.2, 0.25) is 0 Å². The van der Waals surface area contributed by atoms with E-state index in [-0.39, 0.29) is 19.1 Å². The van der Waals surface area contributed by atoms with Crippen molar-refractivity contribution in [3.63, 3.8) is 0 Å². The lowest BCUT2D eigenvalue weighted by molar-refractivity contribution is -0.870. The van der Waals surface area contributed by atoms with Gasteiger partial charge in [0.25, 0.3) is 0 Å². The molecule has 0 fully saturated rings. The van der Waals surface area contributed by atoms with Crippen LogP contribution in [0.5, 0.6) is 0 Å². The van der Waals surface area contributed by atoms with Gasteiger partial charge in [-0.05, 0) is 77.0 Å². The fourth-order valence-electron chi connectivity index (χ4n) is 9.32. The Bertz CT molecular complexity index is 1530. The number of nitrogens with zero attached hydrogens (tertiary/aromatic N) is 1. The number of quaternary nitrogens is 1. The Balaban J connectivity index is 4.19. The lowest BCUT2D eigenvalue weighted by Crippen LogP contribution is -2.45. The summed E-state index contributed by atoms with van der Waals surface area (Å²) in [6.45, 7) is 4.71. The summed E-state index contributed by atoms with van der Waals surface area (Å²) >= 11 is 0. The van der Waals surface area contributed by atoms with Gasteiger partial charge in [-0.1, -0.05) is 292 Å². The number of phosphoric acid groups is 1. The minimum atomic E-state index is -4.37. The highest BCUT2D eigenvalue weighted by molar-refractivity contribution is 7.47. The van der Waals surface area contributed by atoms with Crippen LogP contribution < -0.4 is 5.32 Å². The molecule has 0 saturated heterocycles. The van der Waals surface area contributed by atoms with Crippen LogP contribution in [0.1, 0.15) is 290 Å². The summed E-state index contributed by atoms with van der Waals surface area (Å²) in [5.74, 6) is -0.190. The van der Waals surface area contributed by atoms with Gasteiger partial charge in [0, 0.05) is 6.42 Å². The van der Waals surface area contributed by atoms with E-state index in [1.54, 1.807) is 6.08 Å². The lowest BCUT2D eigenvalue weighted by Gasteiger charge is -2.25. The molecule has 0 saturated carbocycles. The van der Waals surface area contributed by atoms with E-state index >= 15 is 0 Å². The number of amides is 1. The number of allylic oxidation sites excluding steroid dienone is 13. The molecule has 3 unspecified atom stereocenters. The van der Waals surface area contributed by atoms with Crippen LogP contribution >= 0.6 is 7.82 Å². The van der Waals surface area contributed by atoms with Crippen molar-refractivity contribution in [1.29, 1.82) is 0 Å². The third-order valence-electron chi connectivity index (χ3n) is 14.3. The van der Waals surface area contributed by atoms with E-state index < -0.39 is 20.0 Å². The van der Waals surface area contributed by atoms with Crippen molar-refractivity contribution in [2.45, 2.75) is 302 Å². The van der Waals surface area contributed by atoms with Gasteiger partial charge < -0.3 is 19.8 Å². The monoisotopic (exact) mass is 1100 g/mol. The Kier molecular flexibility index (Phi) is 56.6. The van der Waals surface area contributed by atoms with Gasteiger partial charge in [0.2, 0.25) is 5.91 Å². The Morgan fingerprint density at radius 1 is 0.455 bits per heavy atom. The molecule has 0 aromatic carbocycles. The van der Waals surface area contributed by atoms with E-state index in [4.69, 9.17) is 9.05 Å². The van der Waals surface area contributed by atoms with Crippen LogP contribution in [-0.4, -0.2) is 73.4 Å². The molecule has 0 bridgehead atoms. The van der Waals surface area contributed by atoms with E-state index in [1.807, 2.05) is 27.2 Å². The predicted octanol–water partition coefficient (Wildman–Crippen LogP) is 20.4. The van der Waals surface area contributed by atoms with Crippen LogP contribution in [0, 0.1) is 0 Å². The van der Waals surface area contributed by atoms with Crippen molar-refractivity contribution in [3.05, 3.63) is 85.1 Å². The van der Waals surface area contributed by atoms with Crippen LogP contribution in [0.25, 0.3) is 0 Å². The molecule has 3 atom stereocenters. The van der Waals surface area contributed by atoms with E-state index in [9.17, 15) is 19.4 Å². The molecule has 0 spiro atoms. The summed E-state index contributed by atoms with van der Waals surface area (Å²) in [6.07, 6.45) is 82.8. The third kappa shape index (κ3) is 61.2. The van der Waals surface area contributed by atoms with Gasteiger partial charge in [0.15, 0.2) is 0 Å². The van der Waals surface area contributed by atoms with Crippen molar-refractivity contribution in [1.82, 2.24) is 5.32 Å². The second-order valence-electron chi connectivity index (χ2n) is 23.1. The van der Waals surface area contributed by atoms with Gasteiger partial charge >= 0.3 is 7.82 Å². The maximum Gasteiger partial charge on any atom is 0.472 e. The Labute approximate surface area is 477 Å². The van der Waals surface area contributed by atoms with Crippen LogP contribution in [-0.2, 0) is 18.4 Å². The molecular weight excluding hydrogens is 972 g/mol. The second-order valence-corrected chi connectivity index (χ2v) is 24.6. The van der Waals surface area contributed by atoms with Crippen molar-refractivity contribution < 1.29 is 32.9 Å². The first-order valence-corrected chi connectivity index (χ1v) is 34.0. The van der Waals surface area contributed by atoms with Crippen molar-refractivity contribution >= 4 is 13.7 Å². The van der Waals surface area contributed by atoms with Gasteiger partial charge in [-0.15, -0.1) is 0 Å². The fourth-order valence-corrected chi connectivity index (χ4v) is 10.1. The summed E-state index contributed by atoms with van der Waals surface area (Å²) in [6, 6.07) is -0.872. The predicted molar refractivity (Wildman–Crippen MR) is 336 cm³/mol. The second kappa shape index (κ2) is 58.3. The molecule has 0 aliphatic carbocycles. The minimum absolute atomic E-state index is 0.0525. The maximum absolute atomic E-state index is 13.0. The molecule has 77 heavy (non-hydrogen) atoms. The zero-order valence-electron chi connectivity index (χ0n) is 51.2. The van der Waals surface area contributed by atoms with E-state index in [1.165, 1.54) is 199 Å². The van der Waals surface area contributed by atoms with E-state index in [0.717, 1.165) is 70.6 Å². The molecule has 0 aromatic heterocycles. The first kappa shape index (κ1) is 74.7. The smallest absolute Gasteiger partial charge is 0.387 e. The third-order valence-corrected chi connectivity index (χ3v) is 15.3. The Morgan fingerprint density at radius 2 is 0.792 bits per heavy atom. The van der Waals surface area contributed by atoms with E-state index in [2.05, 4.69) is 92.1 Å². The van der Waals surface area contributed by atoms with Crippen molar-refractivity contribution in [2.75, 3.05) is 40.9 Å². The summed E-state index contributed by atoms with van der Waals surface area (Å²) in [5.41, 5.74) is 0. The Morgan fingerprint density at radius 3 is 1.19 bits per heavy atom. The normalized spacial score (nSPS) is 14.3. The zero-order valence-corrected chi connectivity index (χ0v) is 52.1. The first-order valence-electron chi connectivity index (χ1n) is 32.5. The SMILES string of the molecule is CC/C=C\C/C=C\C/C=C\C/C=C\C/C=C\CCCCCCCCCCCCCC(=O)NC(COP(=O)(O)OCC[N+](C)(C)C)C(O)/C=C/CC/C=C/CCCCCCCCCCCCCCCCCCCCCCCC. The van der Waals surface area contributed by atoms with Gasteiger partial charge in [-0.2, -0.15) is 0 Å². The topological polar surface area (TPSA) is 105 Å². The number of hydrogen-bond acceptors (Lipinski definition) is 5. The van der Waals surface area contributed by atoms with Crippen molar-refractivity contribution in [3.8, 4) is 0 Å². The molecule has 9 heteroatoms. The van der Waals surface area contributed by atoms with Crippen LogP contribution in [0.15, 0.2) is 85.1 Å². The summed E-state index contributed by atoms with van der Waals surface area (Å²) < 4.78 is 23.8. The number of hydrogen-bond donors (Lipinski definition) is 3. The van der Waals surface area contributed by atoms with Crippen LogP contribution in [0.3, 0.4) is 0 Å². The molecule has 448 valence electrons. The molecule has 1 amide bonds. The summed E-state index contributed by atoms with van der Waals surface area (Å²) in [5, 5.41) is 14.0. The van der Waals surface area contributed by atoms with Gasteiger partial charge in [-0.3, -0.25) is 13.8 Å². The highest BCUT2D eigenvalue weighted by Gasteiger charge is 2.27.